The summed E-state index contributed by atoms with van der Waals surface area (Å²) in [6.07, 6.45) is 25.6. The molecule has 0 saturated carbocycles. The highest BCUT2D eigenvalue weighted by atomic mass is 31.2. The number of likely N-dealkylation sites (N-methyl/N-ethyl adjacent to an activating group) is 1. The summed E-state index contributed by atoms with van der Waals surface area (Å²) in [6.45, 7) is 26.0. The summed E-state index contributed by atoms with van der Waals surface area (Å²) in [7, 11) is 1.89. The molecule has 56 heavy (non-hydrogen) atoms. The fourth-order valence-electron chi connectivity index (χ4n) is 7.60. The molecule has 0 radical (unpaired) electrons. The van der Waals surface area contributed by atoms with Gasteiger partial charge in [0.25, 0.3) is 0 Å². The van der Waals surface area contributed by atoms with Crippen molar-refractivity contribution in [1.82, 2.24) is 0 Å². The van der Waals surface area contributed by atoms with Crippen LogP contribution in [0.4, 0.5) is 0 Å². The van der Waals surface area contributed by atoms with Gasteiger partial charge in [0.15, 0.2) is 0 Å². The highest BCUT2D eigenvalue weighted by molar-refractivity contribution is 7.47. The van der Waals surface area contributed by atoms with Crippen molar-refractivity contribution in [2.45, 2.75) is 204 Å². The lowest BCUT2D eigenvalue weighted by molar-refractivity contribution is -0.870. The van der Waals surface area contributed by atoms with Crippen molar-refractivity contribution in [1.29, 1.82) is 0 Å². The molecule has 8 atom stereocenters. The van der Waals surface area contributed by atoms with Crippen molar-refractivity contribution in [2.24, 2.45) is 47.3 Å². The number of ether oxygens (including phenoxy) is 2. The van der Waals surface area contributed by atoms with Crippen molar-refractivity contribution in [3.05, 3.63) is 0 Å². The maximum Gasteiger partial charge on any atom is 0.472 e. The zero-order valence-corrected chi connectivity index (χ0v) is 40.9. The molecule has 0 fully saturated rings. The quantitative estimate of drug-likeness (QED) is 0.0377. The number of phosphoric ester groups is 1. The Balaban J connectivity index is 4.55. The topological polar surface area (TPSA) is 74.2 Å². The highest BCUT2D eigenvalue weighted by Crippen LogP contribution is 2.43. The van der Waals surface area contributed by atoms with E-state index in [-0.39, 0.29) is 13.2 Å². The summed E-state index contributed by atoms with van der Waals surface area (Å²) >= 11 is 0. The molecule has 0 aliphatic rings. The molecule has 0 amide bonds. The molecule has 0 aromatic heterocycles. The maximum absolute atomic E-state index is 12.6. The van der Waals surface area contributed by atoms with Gasteiger partial charge in [-0.1, -0.05) is 185 Å². The van der Waals surface area contributed by atoms with Crippen LogP contribution in [0.15, 0.2) is 0 Å². The van der Waals surface area contributed by atoms with Gasteiger partial charge in [0.05, 0.1) is 34.4 Å². The molecule has 338 valence electrons. The molecule has 7 nitrogen and oxygen atoms in total. The van der Waals surface area contributed by atoms with E-state index in [1.54, 1.807) is 0 Å². The second-order valence-corrected chi connectivity index (χ2v) is 22.2. The van der Waals surface area contributed by atoms with Crippen molar-refractivity contribution >= 4 is 7.82 Å². The molecule has 0 aliphatic carbocycles. The van der Waals surface area contributed by atoms with Gasteiger partial charge in [-0.25, -0.2) is 4.57 Å². The minimum absolute atomic E-state index is 0.0233. The van der Waals surface area contributed by atoms with Crippen LogP contribution in [-0.4, -0.2) is 76.2 Å². The first-order chi connectivity index (χ1) is 26.3. The number of nitrogens with zero attached hydrogens (tertiary/aromatic N) is 1. The summed E-state index contributed by atoms with van der Waals surface area (Å²) in [5.41, 5.74) is 0. The molecule has 0 heterocycles. The first-order valence-electron chi connectivity index (χ1n) is 23.9. The lowest BCUT2D eigenvalue weighted by Gasteiger charge is -2.24. The van der Waals surface area contributed by atoms with Crippen LogP contribution in [-0.2, 0) is 23.1 Å². The van der Waals surface area contributed by atoms with Crippen LogP contribution in [0.1, 0.15) is 198 Å². The van der Waals surface area contributed by atoms with Crippen LogP contribution in [0.2, 0.25) is 0 Å². The van der Waals surface area contributed by atoms with Gasteiger partial charge in [0.2, 0.25) is 0 Å². The molecule has 1 N–H and O–H groups in total. The van der Waals surface area contributed by atoms with Crippen LogP contribution >= 0.6 is 7.82 Å². The van der Waals surface area contributed by atoms with Gasteiger partial charge in [0.1, 0.15) is 19.3 Å². The van der Waals surface area contributed by atoms with Gasteiger partial charge in [-0.05, 0) is 60.2 Å². The molecule has 0 aromatic rings. The average Bonchev–Trinajstić information content (AvgIpc) is 3.07. The summed E-state index contributed by atoms with van der Waals surface area (Å²) in [5.74, 6) is 6.15. The monoisotopic (exact) mass is 819 g/mol. The third-order valence-corrected chi connectivity index (χ3v) is 13.0. The molecule has 0 saturated heterocycles. The molecule has 3 unspecified atom stereocenters. The molecule has 0 rings (SSSR count). The van der Waals surface area contributed by atoms with Crippen molar-refractivity contribution in [2.75, 3.05) is 60.7 Å². The Morgan fingerprint density at radius 3 is 1.14 bits per heavy atom. The molecule has 0 aromatic carbocycles. The van der Waals surface area contributed by atoms with Gasteiger partial charge in [0, 0.05) is 13.2 Å². The van der Waals surface area contributed by atoms with Crippen LogP contribution in [0.25, 0.3) is 0 Å². The zero-order valence-electron chi connectivity index (χ0n) is 40.0. The predicted octanol–water partition coefficient (Wildman–Crippen LogP) is 14.2. The van der Waals surface area contributed by atoms with Crippen molar-refractivity contribution in [3.8, 4) is 0 Å². The van der Waals surface area contributed by atoms with Gasteiger partial charge >= 0.3 is 7.82 Å². The van der Waals surface area contributed by atoms with E-state index >= 15 is 0 Å². The summed E-state index contributed by atoms with van der Waals surface area (Å²) in [6, 6.07) is 0. The summed E-state index contributed by atoms with van der Waals surface area (Å²) in [4.78, 5) is 10.3. The van der Waals surface area contributed by atoms with E-state index < -0.39 is 13.9 Å². The van der Waals surface area contributed by atoms with E-state index in [2.05, 4.69) is 69.2 Å². The first kappa shape index (κ1) is 56.0. The third kappa shape index (κ3) is 38.2. The van der Waals surface area contributed by atoms with E-state index in [9.17, 15) is 9.46 Å². The standard InChI is InChI=1S/C48H100NO6P/c1-40(2)20-14-22-42(5)24-16-26-44(7)28-18-30-46(9)32-35-52-38-48(39-55-56(50,51)54-37-34-49(11,12)13)53-36-33-47(10)31-19-29-45(8)27-17-25-43(6)23-15-21-41(3)4/h40-48H,14-39H2,1-13H3/p+1/t42-,43-,44-,45-,46?,47?,48-/m1/s1. The Bertz CT molecular complexity index is 926. The number of phosphoric acid groups is 1. The Kier molecular flexibility index (Phi) is 33.7. The van der Waals surface area contributed by atoms with E-state index in [4.69, 9.17) is 18.5 Å². The molecule has 8 heteroatoms. The van der Waals surface area contributed by atoms with E-state index in [1.807, 2.05) is 21.1 Å². The predicted molar refractivity (Wildman–Crippen MR) is 242 cm³/mol. The Labute approximate surface area is 351 Å². The second-order valence-electron chi connectivity index (χ2n) is 20.8. The van der Waals surface area contributed by atoms with Crippen LogP contribution in [0, 0.1) is 47.3 Å². The average molecular weight is 819 g/mol. The lowest BCUT2D eigenvalue weighted by Crippen LogP contribution is -2.37. The minimum atomic E-state index is -4.17. The normalized spacial score (nSPS) is 17.5. The van der Waals surface area contributed by atoms with Crippen LogP contribution in [0.3, 0.4) is 0 Å². The Morgan fingerprint density at radius 1 is 0.446 bits per heavy atom. The SMILES string of the molecule is CC(C)CCC[C@@H](C)CCC[C@@H](C)CCCC(C)CCOC[C@H](COP(=O)(O)OCC[N+](C)(C)C)OCCC(C)CCC[C@H](C)CCC[C@H](C)CCCC(C)C. The van der Waals surface area contributed by atoms with Crippen LogP contribution < -0.4 is 0 Å². The number of rotatable bonds is 40. The number of hydrogen-bond acceptors (Lipinski definition) is 5. The molecule has 0 aliphatic heterocycles. The molecular weight excluding hydrogens is 718 g/mol. The third-order valence-electron chi connectivity index (χ3n) is 12.0. The van der Waals surface area contributed by atoms with Crippen molar-refractivity contribution in [3.63, 3.8) is 0 Å². The van der Waals surface area contributed by atoms with Gasteiger partial charge in [-0.15, -0.1) is 0 Å². The summed E-state index contributed by atoms with van der Waals surface area (Å²) < 4.78 is 36.3. The zero-order chi connectivity index (χ0) is 42.4. The molecule has 0 bridgehead atoms. The maximum atomic E-state index is 12.6. The molecular formula is C48H101NO6P+. The Hall–Kier alpha value is -0.0100. The smallest absolute Gasteiger partial charge is 0.379 e. The summed E-state index contributed by atoms with van der Waals surface area (Å²) in [5, 5.41) is 0. The highest BCUT2D eigenvalue weighted by Gasteiger charge is 2.25. The van der Waals surface area contributed by atoms with Gasteiger partial charge in [-0.3, -0.25) is 9.05 Å². The van der Waals surface area contributed by atoms with Gasteiger partial charge < -0.3 is 18.9 Å². The van der Waals surface area contributed by atoms with Crippen LogP contribution in [0.5, 0.6) is 0 Å². The van der Waals surface area contributed by atoms with E-state index in [1.165, 1.54) is 116 Å². The largest absolute Gasteiger partial charge is 0.472 e. The number of hydrogen-bond donors (Lipinski definition) is 1. The molecule has 0 spiro atoms. The van der Waals surface area contributed by atoms with E-state index in [0.717, 1.165) is 48.3 Å². The fraction of sp³-hybridized carbons (Fsp3) is 1.00. The first-order valence-corrected chi connectivity index (χ1v) is 25.4. The van der Waals surface area contributed by atoms with E-state index in [0.29, 0.717) is 42.7 Å². The lowest BCUT2D eigenvalue weighted by atomic mass is 9.91. The second kappa shape index (κ2) is 33.7. The Morgan fingerprint density at radius 2 is 0.786 bits per heavy atom. The fourth-order valence-corrected chi connectivity index (χ4v) is 8.34. The number of quaternary nitrogens is 1. The van der Waals surface area contributed by atoms with Gasteiger partial charge in [-0.2, -0.15) is 0 Å². The minimum Gasteiger partial charge on any atom is -0.379 e. The van der Waals surface area contributed by atoms with Crippen molar-refractivity contribution < 1.29 is 32.5 Å².